The molecular weight excluding hydrogens is 291 g/mol. The Kier molecular flexibility index (Phi) is 4.47. The molecule has 0 spiro atoms. The van der Waals surface area contributed by atoms with Crippen LogP contribution in [0, 0.1) is 0 Å². The topological polar surface area (TPSA) is 29.1 Å². The van der Waals surface area contributed by atoms with E-state index in [0.29, 0.717) is 9.50 Å². The van der Waals surface area contributed by atoms with Gasteiger partial charge in [0.25, 0.3) is 12.3 Å². The maximum Gasteiger partial charge on any atom is 0.255 e. The van der Waals surface area contributed by atoms with Gasteiger partial charge < -0.3 is 5.32 Å². The summed E-state index contributed by atoms with van der Waals surface area (Å²) in [6.45, 7) is -0.654. The highest BCUT2D eigenvalue weighted by molar-refractivity contribution is 9.10. The standard InChI is InChI=1S/C9H7BrClF2NO/c10-6-3-5(1-2-7(6)11)9(15)14-4-8(12)13/h1-3,8H,4H2,(H,14,15). The van der Waals surface area contributed by atoms with E-state index in [9.17, 15) is 13.6 Å². The average molecular weight is 299 g/mol. The summed E-state index contributed by atoms with van der Waals surface area (Å²) >= 11 is 8.85. The van der Waals surface area contributed by atoms with Crippen LogP contribution >= 0.6 is 27.5 Å². The molecule has 1 amide bonds. The van der Waals surface area contributed by atoms with Gasteiger partial charge in [0.1, 0.15) is 0 Å². The summed E-state index contributed by atoms with van der Waals surface area (Å²) in [4.78, 5) is 11.3. The average Bonchev–Trinajstić information content (AvgIpc) is 2.18. The van der Waals surface area contributed by atoms with E-state index in [1.54, 1.807) is 0 Å². The minimum atomic E-state index is -2.55. The molecule has 0 saturated heterocycles. The molecule has 0 fully saturated rings. The monoisotopic (exact) mass is 297 g/mol. The van der Waals surface area contributed by atoms with Crippen LogP contribution in [0.2, 0.25) is 5.02 Å². The third-order valence-electron chi connectivity index (χ3n) is 1.60. The molecule has 1 aromatic rings. The summed E-state index contributed by atoms with van der Waals surface area (Å²) in [5.41, 5.74) is 0.284. The van der Waals surface area contributed by atoms with Crippen LogP contribution in [0.4, 0.5) is 8.78 Å². The van der Waals surface area contributed by atoms with Crippen LogP contribution < -0.4 is 5.32 Å². The second-order valence-corrected chi connectivity index (χ2v) is 3.99. The number of alkyl halides is 2. The first kappa shape index (κ1) is 12.4. The highest BCUT2D eigenvalue weighted by Gasteiger charge is 2.09. The molecule has 0 aliphatic rings. The molecule has 1 aromatic carbocycles. The van der Waals surface area contributed by atoms with E-state index < -0.39 is 18.9 Å². The number of carbonyl (C=O) groups is 1. The van der Waals surface area contributed by atoms with Crippen molar-refractivity contribution in [2.24, 2.45) is 0 Å². The summed E-state index contributed by atoms with van der Waals surface area (Å²) in [6, 6.07) is 4.46. The zero-order valence-corrected chi connectivity index (χ0v) is 9.78. The summed E-state index contributed by atoms with van der Waals surface area (Å²) in [5, 5.41) is 2.55. The fourth-order valence-electron chi connectivity index (χ4n) is 0.909. The van der Waals surface area contributed by atoms with Crippen LogP contribution in [0.1, 0.15) is 10.4 Å². The molecule has 0 heterocycles. The summed E-state index contributed by atoms with van der Waals surface area (Å²) in [6.07, 6.45) is -2.55. The van der Waals surface area contributed by atoms with E-state index in [0.717, 1.165) is 0 Å². The van der Waals surface area contributed by atoms with E-state index in [-0.39, 0.29) is 5.56 Å². The third-order valence-corrected chi connectivity index (χ3v) is 2.81. The molecule has 82 valence electrons. The molecule has 2 nitrogen and oxygen atoms in total. The Labute approximate surface area is 98.7 Å². The van der Waals surface area contributed by atoms with Crippen molar-refractivity contribution >= 4 is 33.4 Å². The second kappa shape index (κ2) is 5.42. The number of carbonyl (C=O) groups excluding carboxylic acids is 1. The molecule has 1 rings (SSSR count). The lowest BCUT2D eigenvalue weighted by Gasteiger charge is -2.05. The van der Waals surface area contributed by atoms with Crippen molar-refractivity contribution in [1.29, 1.82) is 0 Å². The predicted octanol–water partition coefficient (Wildman–Crippen LogP) is 3.10. The van der Waals surface area contributed by atoms with Crippen molar-refractivity contribution in [3.63, 3.8) is 0 Å². The van der Waals surface area contributed by atoms with E-state index in [2.05, 4.69) is 21.2 Å². The Morgan fingerprint density at radius 3 is 2.73 bits per heavy atom. The van der Waals surface area contributed by atoms with Gasteiger partial charge in [-0.1, -0.05) is 11.6 Å². The summed E-state index contributed by atoms with van der Waals surface area (Å²) in [5.74, 6) is -0.548. The van der Waals surface area contributed by atoms with Crippen LogP contribution in [0.5, 0.6) is 0 Å². The van der Waals surface area contributed by atoms with E-state index >= 15 is 0 Å². The molecule has 0 aromatic heterocycles. The van der Waals surface area contributed by atoms with E-state index in [1.165, 1.54) is 18.2 Å². The van der Waals surface area contributed by atoms with Crippen LogP contribution in [0.15, 0.2) is 22.7 Å². The maximum atomic E-state index is 11.8. The van der Waals surface area contributed by atoms with Crippen molar-refractivity contribution < 1.29 is 13.6 Å². The summed E-state index contributed by atoms with van der Waals surface area (Å²) in [7, 11) is 0. The highest BCUT2D eigenvalue weighted by Crippen LogP contribution is 2.23. The van der Waals surface area contributed by atoms with Crippen LogP contribution in [0.25, 0.3) is 0 Å². The number of benzene rings is 1. The first-order valence-electron chi connectivity index (χ1n) is 4.02. The zero-order chi connectivity index (χ0) is 11.4. The number of halogens is 4. The second-order valence-electron chi connectivity index (χ2n) is 2.73. The van der Waals surface area contributed by atoms with Gasteiger partial charge in [0, 0.05) is 10.0 Å². The Bertz CT molecular complexity index is 373. The fourth-order valence-corrected chi connectivity index (χ4v) is 1.41. The molecule has 0 saturated carbocycles. The highest BCUT2D eigenvalue weighted by atomic mass is 79.9. The molecule has 1 N–H and O–H groups in total. The number of rotatable bonds is 3. The van der Waals surface area contributed by atoms with Gasteiger partial charge in [-0.3, -0.25) is 4.79 Å². The van der Waals surface area contributed by atoms with Crippen molar-refractivity contribution in [2.75, 3.05) is 6.54 Å². The fraction of sp³-hybridized carbons (Fsp3) is 0.222. The molecular formula is C9H7BrClF2NO. The van der Waals surface area contributed by atoms with Gasteiger partial charge in [-0.05, 0) is 34.1 Å². The van der Waals surface area contributed by atoms with Gasteiger partial charge in [0.15, 0.2) is 0 Å². The van der Waals surface area contributed by atoms with E-state index in [4.69, 9.17) is 11.6 Å². The molecule has 0 bridgehead atoms. The van der Waals surface area contributed by atoms with E-state index in [1.807, 2.05) is 0 Å². The van der Waals surface area contributed by atoms with Crippen molar-refractivity contribution in [1.82, 2.24) is 5.32 Å². The minimum absolute atomic E-state index is 0.284. The summed E-state index contributed by atoms with van der Waals surface area (Å²) < 4.78 is 24.2. The van der Waals surface area contributed by atoms with Gasteiger partial charge in [-0.25, -0.2) is 8.78 Å². The normalized spacial score (nSPS) is 10.5. The van der Waals surface area contributed by atoms with Crippen molar-refractivity contribution in [3.8, 4) is 0 Å². The molecule has 0 aliphatic carbocycles. The molecule has 0 aliphatic heterocycles. The Morgan fingerprint density at radius 2 is 2.20 bits per heavy atom. The third kappa shape index (κ3) is 3.76. The van der Waals surface area contributed by atoms with Gasteiger partial charge >= 0.3 is 0 Å². The van der Waals surface area contributed by atoms with Crippen molar-refractivity contribution in [3.05, 3.63) is 33.3 Å². The SMILES string of the molecule is O=C(NCC(F)F)c1ccc(Cl)c(Br)c1. The van der Waals surface area contributed by atoms with Crippen LogP contribution in [-0.2, 0) is 0 Å². The lowest BCUT2D eigenvalue weighted by atomic mass is 10.2. The van der Waals surface area contributed by atoms with Gasteiger partial charge in [-0.15, -0.1) is 0 Å². The Morgan fingerprint density at radius 1 is 1.53 bits per heavy atom. The number of nitrogens with one attached hydrogen (secondary N) is 1. The molecule has 6 heteroatoms. The predicted molar refractivity (Wildman–Crippen MR) is 57.5 cm³/mol. The zero-order valence-electron chi connectivity index (χ0n) is 7.44. The smallest absolute Gasteiger partial charge is 0.255 e. The Hall–Kier alpha value is -0.680. The van der Waals surface area contributed by atoms with Gasteiger partial charge in [0.2, 0.25) is 0 Å². The lowest BCUT2D eigenvalue weighted by molar-refractivity contribution is 0.0891. The minimum Gasteiger partial charge on any atom is -0.346 e. The number of amides is 1. The first-order valence-corrected chi connectivity index (χ1v) is 5.19. The van der Waals surface area contributed by atoms with Crippen LogP contribution in [-0.4, -0.2) is 18.9 Å². The van der Waals surface area contributed by atoms with Gasteiger partial charge in [0.05, 0.1) is 11.6 Å². The maximum absolute atomic E-state index is 11.8. The largest absolute Gasteiger partial charge is 0.346 e. The van der Waals surface area contributed by atoms with Crippen molar-refractivity contribution in [2.45, 2.75) is 6.43 Å². The Balaban J connectivity index is 2.70. The molecule has 0 unspecified atom stereocenters. The quantitative estimate of drug-likeness (QED) is 0.913. The lowest BCUT2D eigenvalue weighted by Crippen LogP contribution is -2.28. The molecule has 15 heavy (non-hydrogen) atoms. The number of hydrogen-bond acceptors (Lipinski definition) is 1. The van der Waals surface area contributed by atoms with Crippen LogP contribution in [0.3, 0.4) is 0 Å². The molecule has 0 atom stereocenters. The molecule has 0 radical (unpaired) electrons. The number of hydrogen-bond donors (Lipinski definition) is 1. The van der Waals surface area contributed by atoms with Gasteiger partial charge in [-0.2, -0.15) is 0 Å². The first-order chi connectivity index (χ1) is 7.00.